The molecule has 0 aromatic heterocycles. The summed E-state index contributed by atoms with van der Waals surface area (Å²) < 4.78 is 22.0. The third kappa shape index (κ3) is 3.87. The van der Waals surface area contributed by atoms with Gasteiger partial charge in [-0.15, -0.1) is 0 Å². The summed E-state index contributed by atoms with van der Waals surface area (Å²) in [6.45, 7) is 2.09. The second-order valence-corrected chi connectivity index (χ2v) is 7.42. The molecule has 0 bridgehead atoms. The highest BCUT2D eigenvalue weighted by atomic mass is 32.2. The van der Waals surface area contributed by atoms with Crippen molar-refractivity contribution in [2.24, 2.45) is 11.7 Å². The quantitative estimate of drug-likeness (QED) is 0.800. The van der Waals surface area contributed by atoms with Crippen molar-refractivity contribution in [2.45, 2.75) is 44.6 Å². The molecule has 0 radical (unpaired) electrons. The lowest BCUT2D eigenvalue weighted by Gasteiger charge is -2.35. The van der Waals surface area contributed by atoms with E-state index in [4.69, 9.17) is 5.73 Å². The number of ketones is 1. The molecule has 0 aromatic rings. The van der Waals surface area contributed by atoms with E-state index in [1.807, 2.05) is 0 Å². The molecule has 0 aromatic carbocycles. The van der Waals surface area contributed by atoms with Gasteiger partial charge in [-0.3, -0.25) is 4.79 Å². The maximum Gasteiger partial charge on any atom is 0.153 e. The van der Waals surface area contributed by atoms with E-state index in [0.717, 1.165) is 19.1 Å². The first-order chi connectivity index (χ1) is 7.23. The van der Waals surface area contributed by atoms with Gasteiger partial charge in [0.05, 0.1) is 11.3 Å². The number of carbonyl (C=O) groups is 1. The molecule has 94 valence electrons. The van der Waals surface area contributed by atoms with E-state index in [-0.39, 0.29) is 18.0 Å². The average Bonchev–Trinajstić information content (AvgIpc) is 2.12. The molecule has 1 saturated carbocycles. The van der Waals surface area contributed by atoms with Crippen LogP contribution in [0.15, 0.2) is 0 Å². The minimum Gasteiger partial charge on any atom is -0.319 e. The second-order valence-electron chi connectivity index (χ2n) is 5.16. The molecule has 2 atom stereocenters. The van der Waals surface area contributed by atoms with Gasteiger partial charge in [0.15, 0.2) is 5.78 Å². The molecule has 1 aliphatic carbocycles. The van der Waals surface area contributed by atoms with Gasteiger partial charge < -0.3 is 5.73 Å². The predicted molar refractivity (Wildman–Crippen MR) is 63.9 cm³/mol. The van der Waals surface area contributed by atoms with E-state index in [2.05, 4.69) is 6.92 Å². The summed E-state index contributed by atoms with van der Waals surface area (Å²) in [5, 5.41) is 0. The molecule has 0 heterocycles. The van der Waals surface area contributed by atoms with Crippen LogP contribution < -0.4 is 5.73 Å². The van der Waals surface area contributed by atoms with E-state index in [1.54, 1.807) is 0 Å². The Bertz CT molecular complexity index is 363. The van der Waals surface area contributed by atoms with Gasteiger partial charge in [0.25, 0.3) is 0 Å². The van der Waals surface area contributed by atoms with Crippen LogP contribution in [-0.2, 0) is 14.6 Å². The Morgan fingerprint density at radius 2 is 2.12 bits per heavy atom. The van der Waals surface area contributed by atoms with E-state index in [0.29, 0.717) is 18.8 Å². The number of carbonyl (C=O) groups excluding carboxylic acids is 1. The topological polar surface area (TPSA) is 77.2 Å². The van der Waals surface area contributed by atoms with Gasteiger partial charge >= 0.3 is 0 Å². The normalized spacial score (nSPS) is 31.3. The second kappa shape index (κ2) is 4.84. The van der Waals surface area contributed by atoms with E-state index in [1.165, 1.54) is 0 Å². The van der Waals surface area contributed by atoms with Gasteiger partial charge in [0, 0.05) is 12.7 Å². The summed E-state index contributed by atoms with van der Waals surface area (Å²) in [5.74, 6) is 0.282. The van der Waals surface area contributed by atoms with Gasteiger partial charge in [-0.2, -0.15) is 0 Å². The first-order valence-corrected chi connectivity index (χ1v) is 7.79. The summed E-state index contributed by atoms with van der Waals surface area (Å²) in [7, 11) is -3.07. The molecular formula is C11H21NO3S. The zero-order valence-electron chi connectivity index (χ0n) is 10.0. The summed E-state index contributed by atoms with van der Waals surface area (Å²) in [5.41, 5.74) is 5.30. The van der Waals surface area contributed by atoms with E-state index in [9.17, 15) is 13.2 Å². The highest BCUT2D eigenvalue weighted by Gasteiger charge is 2.37. The Morgan fingerprint density at radius 1 is 1.50 bits per heavy atom. The highest BCUT2D eigenvalue weighted by Crippen LogP contribution is 2.31. The Kier molecular flexibility index (Phi) is 4.12. The molecular weight excluding hydrogens is 226 g/mol. The Morgan fingerprint density at radius 3 is 2.62 bits per heavy atom. The van der Waals surface area contributed by atoms with Crippen molar-refractivity contribution >= 4 is 15.6 Å². The van der Waals surface area contributed by atoms with Crippen LogP contribution in [-0.4, -0.2) is 31.7 Å². The third-order valence-corrected chi connectivity index (χ3v) is 4.23. The number of hydrogen-bond donors (Lipinski definition) is 1. The van der Waals surface area contributed by atoms with Gasteiger partial charge in [0.1, 0.15) is 9.84 Å². The molecule has 1 fully saturated rings. The number of Topliss-reactive ketones (excluding diaryl/α,β-unsaturated/α-hetero) is 1. The maximum absolute atomic E-state index is 11.9. The van der Waals surface area contributed by atoms with E-state index < -0.39 is 15.4 Å². The van der Waals surface area contributed by atoms with Crippen LogP contribution >= 0.6 is 0 Å². The van der Waals surface area contributed by atoms with Crippen LogP contribution in [0.5, 0.6) is 0 Å². The molecule has 0 saturated heterocycles. The fourth-order valence-electron chi connectivity index (χ4n) is 2.37. The molecule has 0 aliphatic heterocycles. The largest absolute Gasteiger partial charge is 0.319 e. The van der Waals surface area contributed by atoms with Crippen molar-refractivity contribution in [1.29, 1.82) is 0 Å². The lowest BCUT2D eigenvalue weighted by Crippen LogP contribution is -2.51. The Balaban J connectivity index is 2.58. The Hall–Kier alpha value is -0.420. The first kappa shape index (κ1) is 13.6. The molecule has 5 heteroatoms. The maximum atomic E-state index is 11.9. The van der Waals surface area contributed by atoms with Crippen LogP contribution in [0.2, 0.25) is 0 Å². The molecule has 0 amide bonds. The minimum absolute atomic E-state index is 0.0576. The van der Waals surface area contributed by atoms with Gasteiger partial charge in [-0.05, 0) is 18.8 Å². The van der Waals surface area contributed by atoms with Crippen LogP contribution in [0.3, 0.4) is 0 Å². The lowest BCUT2D eigenvalue weighted by molar-refractivity contribution is -0.125. The van der Waals surface area contributed by atoms with Crippen molar-refractivity contribution in [3.05, 3.63) is 0 Å². The summed E-state index contributed by atoms with van der Waals surface area (Å²) in [6.07, 6.45) is 4.66. The molecule has 1 aliphatic rings. The van der Waals surface area contributed by atoms with Gasteiger partial charge in [-0.25, -0.2) is 8.42 Å². The van der Waals surface area contributed by atoms with E-state index >= 15 is 0 Å². The molecule has 2 N–H and O–H groups in total. The first-order valence-electron chi connectivity index (χ1n) is 5.73. The summed E-state index contributed by atoms with van der Waals surface area (Å²) >= 11 is 0. The number of rotatable bonds is 4. The molecule has 16 heavy (non-hydrogen) atoms. The summed E-state index contributed by atoms with van der Waals surface area (Å²) in [6, 6.07) is 0. The van der Waals surface area contributed by atoms with Crippen molar-refractivity contribution in [1.82, 2.24) is 0 Å². The molecule has 0 spiro atoms. The number of nitrogens with two attached hydrogens (primary N) is 1. The minimum atomic E-state index is -3.07. The predicted octanol–water partition coefficient (Wildman–Crippen LogP) is 0.898. The molecule has 2 unspecified atom stereocenters. The lowest BCUT2D eigenvalue weighted by atomic mass is 9.74. The number of sulfone groups is 1. The number of hydrogen-bond acceptors (Lipinski definition) is 4. The van der Waals surface area contributed by atoms with Crippen LogP contribution in [0, 0.1) is 5.92 Å². The molecule has 4 nitrogen and oxygen atoms in total. The smallest absolute Gasteiger partial charge is 0.153 e. The van der Waals surface area contributed by atoms with Crippen molar-refractivity contribution in [2.75, 3.05) is 12.0 Å². The zero-order valence-corrected chi connectivity index (χ0v) is 10.8. The van der Waals surface area contributed by atoms with Gasteiger partial charge in [0.2, 0.25) is 0 Å². The fraction of sp³-hybridized carbons (Fsp3) is 0.909. The van der Waals surface area contributed by atoms with Crippen molar-refractivity contribution in [3.63, 3.8) is 0 Å². The van der Waals surface area contributed by atoms with Gasteiger partial charge in [-0.1, -0.05) is 19.8 Å². The van der Waals surface area contributed by atoms with Crippen LogP contribution in [0.25, 0.3) is 0 Å². The van der Waals surface area contributed by atoms with Crippen LogP contribution in [0.1, 0.15) is 39.0 Å². The molecule has 1 rings (SSSR count). The van der Waals surface area contributed by atoms with Crippen molar-refractivity contribution < 1.29 is 13.2 Å². The van der Waals surface area contributed by atoms with Crippen LogP contribution in [0.4, 0.5) is 0 Å². The summed E-state index contributed by atoms with van der Waals surface area (Å²) in [4.78, 5) is 11.9. The highest BCUT2D eigenvalue weighted by molar-refractivity contribution is 7.90. The average molecular weight is 247 g/mol. The van der Waals surface area contributed by atoms with Crippen molar-refractivity contribution in [3.8, 4) is 0 Å². The Labute approximate surface area is 97.5 Å². The fourth-order valence-corrected chi connectivity index (χ4v) is 2.93. The monoisotopic (exact) mass is 247 g/mol. The standard InChI is InChI=1S/C11H21NO3S/c1-9-4-3-6-11(12,8-9)10(13)5-7-16(2,14)15/h9H,3-8,12H2,1-2H3. The zero-order chi connectivity index (χ0) is 12.4. The third-order valence-electron chi connectivity index (χ3n) is 3.29. The SMILES string of the molecule is CC1CCCC(N)(C(=O)CCS(C)(=O)=O)C1.